The second-order valence-electron chi connectivity index (χ2n) is 2.98. The molecule has 0 saturated carbocycles. The van der Waals surface area contributed by atoms with E-state index in [0.717, 1.165) is 4.47 Å². The van der Waals surface area contributed by atoms with Gasteiger partial charge < -0.3 is 20.3 Å². The lowest BCUT2D eigenvalue weighted by atomic mass is 10.1. The van der Waals surface area contributed by atoms with Crippen molar-refractivity contribution < 1.29 is 14.6 Å². The van der Waals surface area contributed by atoms with Gasteiger partial charge in [0.25, 0.3) is 0 Å². The molecule has 0 aliphatic carbocycles. The van der Waals surface area contributed by atoms with Crippen LogP contribution in [-0.2, 0) is 0 Å². The van der Waals surface area contributed by atoms with E-state index < -0.39 is 6.10 Å². The number of methoxy groups -OCH3 is 2. The number of nitrogens with two attached hydrogens (primary N) is 1. The summed E-state index contributed by atoms with van der Waals surface area (Å²) in [7, 11) is 3.07. The molecule has 0 heterocycles. The van der Waals surface area contributed by atoms with E-state index in [9.17, 15) is 5.11 Å². The summed E-state index contributed by atoms with van der Waals surface area (Å²) in [4.78, 5) is 0. The maximum Gasteiger partial charge on any atom is 0.129 e. The maximum atomic E-state index is 9.74. The van der Waals surface area contributed by atoms with Gasteiger partial charge in [-0.2, -0.15) is 0 Å². The quantitative estimate of drug-likeness (QED) is 0.873. The Hall–Kier alpha value is -0.780. The van der Waals surface area contributed by atoms with E-state index in [0.29, 0.717) is 17.1 Å². The van der Waals surface area contributed by atoms with E-state index in [-0.39, 0.29) is 6.54 Å². The van der Waals surface area contributed by atoms with Gasteiger partial charge in [-0.1, -0.05) is 15.9 Å². The Morgan fingerprint density at radius 3 is 2.13 bits per heavy atom. The van der Waals surface area contributed by atoms with E-state index in [1.165, 1.54) is 14.2 Å². The molecule has 3 N–H and O–H groups in total. The summed E-state index contributed by atoms with van der Waals surface area (Å²) in [6, 6.07) is 3.52. The molecule has 1 aromatic rings. The van der Waals surface area contributed by atoms with Crippen LogP contribution in [0.5, 0.6) is 11.5 Å². The number of halogens is 1. The van der Waals surface area contributed by atoms with E-state index in [1.54, 1.807) is 12.1 Å². The summed E-state index contributed by atoms with van der Waals surface area (Å²) >= 11 is 3.33. The fraction of sp³-hybridized carbons (Fsp3) is 0.400. The van der Waals surface area contributed by atoms with Gasteiger partial charge in [0.15, 0.2) is 0 Å². The number of aliphatic hydroxyl groups excluding tert-OH is 1. The van der Waals surface area contributed by atoms with Crippen LogP contribution in [0.15, 0.2) is 16.6 Å². The minimum Gasteiger partial charge on any atom is -0.496 e. The van der Waals surface area contributed by atoms with Crippen LogP contribution in [0.4, 0.5) is 0 Å². The molecule has 0 aromatic heterocycles. The monoisotopic (exact) mass is 275 g/mol. The molecule has 0 saturated heterocycles. The summed E-state index contributed by atoms with van der Waals surface area (Å²) in [5.74, 6) is 1.11. The maximum absolute atomic E-state index is 9.74. The van der Waals surface area contributed by atoms with E-state index in [4.69, 9.17) is 15.2 Å². The van der Waals surface area contributed by atoms with Crippen LogP contribution in [0.3, 0.4) is 0 Å². The van der Waals surface area contributed by atoms with Crippen molar-refractivity contribution in [3.63, 3.8) is 0 Å². The van der Waals surface area contributed by atoms with Gasteiger partial charge >= 0.3 is 0 Å². The number of hydrogen-bond acceptors (Lipinski definition) is 4. The van der Waals surface area contributed by atoms with Crippen molar-refractivity contribution >= 4 is 15.9 Å². The molecule has 0 aliphatic rings. The van der Waals surface area contributed by atoms with Gasteiger partial charge in [0, 0.05) is 11.0 Å². The Balaban J connectivity index is 3.30. The fourth-order valence-electron chi connectivity index (χ4n) is 1.35. The van der Waals surface area contributed by atoms with Gasteiger partial charge in [0.2, 0.25) is 0 Å². The molecule has 5 heteroatoms. The van der Waals surface area contributed by atoms with Crippen molar-refractivity contribution in [2.45, 2.75) is 6.10 Å². The first-order chi connectivity index (χ1) is 7.13. The molecule has 1 aromatic carbocycles. The van der Waals surface area contributed by atoms with Gasteiger partial charge in [-0.25, -0.2) is 0 Å². The van der Waals surface area contributed by atoms with Crippen LogP contribution in [0, 0.1) is 0 Å². The molecule has 1 rings (SSSR count). The number of benzene rings is 1. The van der Waals surface area contributed by atoms with E-state index in [1.807, 2.05) is 0 Å². The van der Waals surface area contributed by atoms with Gasteiger partial charge in [0.05, 0.1) is 25.9 Å². The highest BCUT2D eigenvalue weighted by atomic mass is 79.9. The molecule has 0 spiro atoms. The Kier molecular flexibility index (Phi) is 4.38. The van der Waals surface area contributed by atoms with Crippen LogP contribution < -0.4 is 15.2 Å². The van der Waals surface area contributed by atoms with E-state index in [2.05, 4.69) is 15.9 Å². The van der Waals surface area contributed by atoms with Crippen molar-refractivity contribution in [3.05, 3.63) is 22.2 Å². The Morgan fingerprint density at radius 1 is 1.33 bits per heavy atom. The highest BCUT2D eigenvalue weighted by molar-refractivity contribution is 9.10. The predicted molar refractivity (Wildman–Crippen MR) is 61.3 cm³/mol. The lowest BCUT2D eigenvalue weighted by molar-refractivity contribution is 0.177. The highest BCUT2D eigenvalue weighted by Gasteiger charge is 2.18. The first-order valence-electron chi connectivity index (χ1n) is 4.43. The second kappa shape index (κ2) is 5.34. The van der Waals surface area contributed by atoms with E-state index >= 15 is 0 Å². The molecule has 4 nitrogen and oxygen atoms in total. The standard InChI is InChI=1S/C10H14BrNO3/c1-14-8-3-6(11)4-9(15-2)10(8)7(13)5-12/h3-4,7,13H,5,12H2,1-2H3. The molecule has 15 heavy (non-hydrogen) atoms. The summed E-state index contributed by atoms with van der Waals surface area (Å²) in [6.07, 6.45) is -0.789. The van der Waals surface area contributed by atoms with Gasteiger partial charge in [-0.15, -0.1) is 0 Å². The third-order valence-electron chi connectivity index (χ3n) is 2.07. The first kappa shape index (κ1) is 12.3. The van der Waals surface area contributed by atoms with Crippen molar-refractivity contribution in [3.8, 4) is 11.5 Å². The number of aliphatic hydroxyl groups is 1. The van der Waals surface area contributed by atoms with Gasteiger partial charge in [0.1, 0.15) is 11.5 Å². The first-order valence-corrected chi connectivity index (χ1v) is 5.22. The predicted octanol–water partition coefficient (Wildman–Crippen LogP) is 1.46. The van der Waals surface area contributed by atoms with Crippen molar-refractivity contribution in [2.75, 3.05) is 20.8 Å². The van der Waals surface area contributed by atoms with Crippen molar-refractivity contribution in [1.82, 2.24) is 0 Å². The number of ether oxygens (including phenoxy) is 2. The molecule has 1 atom stereocenters. The molecule has 0 aliphatic heterocycles. The van der Waals surface area contributed by atoms with Crippen LogP contribution in [0.25, 0.3) is 0 Å². The zero-order valence-electron chi connectivity index (χ0n) is 8.66. The number of hydrogen-bond donors (Lipinski definition) is 2. The van der Waals surface area contributed by atoms with Crippen LogP contribution in [-0.4, -0.2) is 25.9 Å². The molecular weight excluding hydrogens is 262 g/mol. The number of rotatable bonds is 4. The normalized spacial score (nSPS) is 12.3. The minimum atomic E-state index is -0.789. The molecular formula is C10H14BrNO3. The second-order valence-corrected chi connectivity index (χ2v) is 3.89. The Morgan fingerprint density at radius 2 is 1.80 bits per heavy atom. The fourth-order valence-corrected chi connectivity index (χ4v) is 1.77. The zero-order valence-corrected chi connectivity index (χ0v) is 10.2. The average Bonchev–Trinajstić information content (AvgIpc) is 2.26. The van der Waals surface area contributed by atoms with Crippen LogP contribution in [0.2, 0.25) is 0 Å². The SMILES string of the molecule is COc1cc(Br)cc(OC)c1C(O)CN. The van der Waals surface area contributed by atoms with Crippen molar-refractivity contribution in [1.29, 1.82) is 0 Å². The van der Waals surface area contributed by atoms with Crippen LogP contribution >= 0.6 is 15.9 Å². The lowest BCUT2D eigenvalue weighted by Crippen LogP contribution is -2.13. The molecule has 84 valence electrons. The van der Waals surface area contributed by atoms with Crippen LogP contribution in [0.1, 0.15) is 11.7 Å². The lowest BCUT2D eigenvalue weighted by Gasteiger charge is -2.17. The zero-order chi connectivity index (χ0) is 11.4. The third kappa shape index (κ3) is 2.62. The summed E-state index contributed by atoms with van der Waals surface area (Å²) < 4.78 is 11.2. The smallest absolute Gasteiger partial charge is 0.129 e. The summed E-state index contributed by atoms with van der Waals surface area (Å²) in [5, 5.41) is 9.74. The molecule has 0 radical (unpaired) electrons. The summed E-state index contributed by atoms with van der Waals surface area (Å²) in [5.41, 5.74) is 5.99. The van der Waals surface area contributed by atoms with Gasteiger partial charge in [-0.3, -0.25) is 0 Å². The Labute approximate surface area is 97.1 Å². The summed E-state index contributed by atoms with van der Waals surface area (Å²) in [6.45, 7) is 0.119. The van der Waals surface area contributed by atoms with Crippen molar-refractivity contribution in [2.24, 2.45) is 5.73 Å². The largest absolute Gasteiger partial charge is 0.496 e. The highest BCUT2D eigenvalue weighted by Crippen LogP contribution is 2.36. The molecule has 1 unspecified atom stereocenters. The topological polar surface area (TPSA) is 64.7 Å². The molecule has 0 fully saturated rings. The third-order valence-corrected chi connectivity index (χ3v) is 2.52. The molecule has 0 amide bonds. The Bertz CT molecular complexity index is 318. The molecule has 0 bridgehead atoms. The van der Waals surface area contributed by atoms with Gasteiger partial charge in [-0.05, 0) is 12.1 Å². The minimum absolute atomic E-state index is 0.119. The average molecular weight is 276 g/mol.